The highest BCUT2D eigenvalue weighted by molar-refractivity contribution is 5.94. The molecule has 4 heteroatoms. The van der Waals surface area contributed by atoms with Crippen molar-refractivity contribution in [3.8, 4) is 0 Å². The van der Waals surface area contributed by atoms with Crippen LogP contribution in [0.15, 0.2) is 24.3 Å². The molecule has 19 heavy (non-hydrogen) atoms. The Morgan fingerprint density at radius 2 is 2.26 bits per heavy atom. The Morgan fingerprint density at radius 3 is 2.95 bits per heavy atom. The Bertz CT molecular complexity index is 457. The summed E-state index contributed by atoms with van der Waals surface area (Å²) in [5.74, 6) is 0.0789. The van der Waals surface area contributed by atoms with E-state index < -0.39 is 0 Å². The number of nitrogens with zero attached hydrogens (tertiary/aromatic N) is 1. The molecule has 4 nitrogen and oxygen atoms in total. The molecular formula is C15H22N2O2. The van der Waals surface area contributed by atoms with Crippen molar-refractivity contribution in [1.82, 2.24) is 4.90 Å². The minimum Gasteiger partial charge on any atom is -0.372 e. The summed E-state index contributed by atoms with van der Waals surface area (Å²) in [6, 6.07) is 7.74. The van der Waals surface area contributed by atoms with Crippen LogP contribution >= 0.6 is 0 Å². The number of carbonyl (C=O) groups excluding carboxylic acids is 1. The van der Waals surface area contributed by atoms with Crippen molar-refractivity contribution >= 4 is 5.91 Å². The van der Waals surface area contributed by atoms with Gasteiger partial charge in [-0.1, -0.05) is 12.1 Å². The van der Waals surface area contributed by atoms with Crippen LogP contribution in [-0.2, 0) is 11.2 Å². The van der Waals surface area contributed by atoms with Crippen molar-refractivity contribution in [3.05, 3.63) is 35.4 Å². The first-order valence-corrected chi connectivity index (χ1v) is 6.74. The van der Waals surface area contributed by atoms with Gasteiger partial charge in [0.1, 0.15) is 0 Å². The Balaban J connectivity index is 2.12. The van der Waals surface area contributed by atoms with Crippen LogP contribution in [0.4, 0.5) is 0 Å². The summed E-state index contributed by atoms with van der Waals surface area (Å²) in [4.78, 5) is 14.3. The predicted octanol–water partition coefficient (Wildman–Crippen LogP) is 1.44. The highest BCUT2D eigenvalue weighted by atomic mass is 16.5. The second-order valence-corrected chi connectivity index (χ2v) is 5.57. The molecule has 2 rings (SSSR count). The topological polar surface area (TPSA) is 55.6 Å². The van der Waals surface area contributed by atoms with E-state index in [0.29, 0.717) is 26.2 Å². The molecule has 0 saturated carbocycles. The Labute approximate surface area is 114 Å². The van der Waals surface area contributed by atoms with E-state index in [4.69, 9.17) is 10.5 Å². The van der Waals surface area contributed by atoms with E-state index in [-0.39, 0.29) is 11.5 Å². The van der Waals surface area contributed by atoms with Gasteiger partial charge in [0.05, 0.1) is 12.2 Å². The molecular weight excluding hydrogens is 240 g/mol. The van der Waals surface area contributed by atoms with Crippen LogP contribution < -0.4 is 5.73 Å². The van der Waals surface area contributed by atoms with Gasteiger partial charge in [-0.15, -0.1) is 0 Å². The Morgan fingerprint density at radius 1 is 1.47 bits per heavy atom. The first-order valence-electron chi connectivity index (χ1n) is 6.74. The van der Waals surface area contributed by atoms with Crippen LogP contribution in [0, 0.1) is 0 Å². The highest BCUT2D eigenvalue weighted by Crippen LogP contribution is 2.19. The van der Waals surface area contributed by atoms with E-state index in [9.17, 15) is 4.79 Å². The maximum atomic E-state index is 12.5. The molecule has 1 heterocycles. The normalized spacial score (nSPS) is 18.4. The van der Waals surface area contributed by atoms with E-state index in [1.165, 1.54) is 0 Å². The van der Waals surface area contributed by atoms with Gasteiger partial charge in [-0.2, -0.15) is 0 Å². The van der Waals surface area contributed by atoms with Gasteiger partial charge in [-0.3, -0.25) is 4.79 Å². The summed E-state index contributed by atoms with van der Waals surface area (Å²) >= 11 is 0. The lowest BCUT2D eigenvalue weighted by atomic mass is 10.0. The molecule has 2 N–H and O–H groups in total. The number of hydrogen-bond donors (Lipinski definition) is 1. The van der Waals surface area contributed by atoms with Gasteiger partial charge in [-0.25, -0.2) is 0 Å². The van der Waals surface area contributed by atoms with E-state index in [2.05, 4.69) is 0 Å². The molecule has 1 aliphatic heterocycles. The molecule has 0 aliphatic carbocycles. The van der Waals surface area contributed by atoms with Crippen molar-refractivity contribution < 1.29 is 9.53 Å². The number of rotatable bonds is 3. The molecule has 104 valence electrons. The van der Waals surface area contributed by atoms with E-state index in [0.717, 1.165) is 17.5 Å². The standard InChI is InChI=1S/C15H22N2O2/c1-15(2)11-17(8-9-19-15)14(18)13-5-3-4-12(10-13)6-7-16/h3-5,10H,6-9,11,16H2,1-2H3. The molecule has 1 aromatic rings. The minimum atomic E-state index is -0.261. The lowest BCUT2D eigenvalue weighted by molar-refractivity contribution is -0.0764. The maximum absolute atomic E-state index is 12.5. The second-order valence-electron chi connectivity index (χ2n) is 5.57. The number of benzene rings is 1. The molecule has 0 radical (unpaired) electrons. The fourth-order valence-electron chi connectivity index (χ4n) is 2.40. The number of amides is 1. The van der Waals surface area contributed by atoms with Crippen LogP contribution in [0.3, 0.4) is 0 Å². The van der Waals surface area contributed by atoms with Crippen LogP contribution in [0.2, 0.25) is 0 Å². The number of nitrogens with two attached hydrogens (primary N) is 1. The van der Waals surface area contributed by atoms with Crippen molar-refractivity contribution in [2.24, 2.45) is 5.73 Å². The van der Waals surface area contributed by atoms with Crippen molar-refractivity contribution in [1.29, 1.82) is 0 Å². The van der Waals surface area contributed by atoms with Crippen LogP contribution in [0.25, 0.3) is 0 Å². The van der Waals surface area contributed by atoms with E-state index in [1.807, 2.05) is 43.0 Å². The van der Waals surface area contributed by atoms with Gasteiger partial charge in [-0.05, 0) is 44.5 Å². The summed E-state index contributed by atoms with van der Waals surface area (Å²) in [5, 5.41) is 0. The smallest absolute Gasteiger partial charge is 0.254 e. The third-order valence-corrected chi connectivity index (χ3v) is 3.32. The fraction of sp³-hybridized carbons (Fsp3) is 0.533. The fourth-order valence-corrected chi connectivity index (χ4v) is 2.40. The zero-order valence-electron chi connectivity index (χ0n) is 11.7. The second kappa shape index (κ2) is 5.72. The van der Waals surface area contributed by atoms with E-state index in [1.54, 1.807) is 0 Å². The summed E-state index contributed by atoms with van der Waals surface area (Å²) in [6.07, 6.45) is 0.801. The summed E-state index contributed by atoms with van der Waals surface area (Å²) in [7, 11) is 0. The average Bonchev–Trinajstić information content (AvgIpc) is 2.37. The van der Waals surface area contributed by atoms with Crippen LogP contribution in [0.5, 0.6) is 0 Å². The molecule has 0 aromatic heterocycles. The first-order chi connectivity index (χ1) is 9.02. The van der Waals surface area contributed by atoms with Crippen molar-refractivity contribution in [2.75, 3.05) is 26.2 Å². The lowest BCUT2D eigenvalue weighted by Gasteiger charge is -2.38. The molecule has 0 atom stereocenters. The molecule has 0 unspecified atom stereocenters. The molecule has 1 saturated heterocycles. The number of morpholine rings is 1. The number of carbonyl (C=O) groups is 1. The Kier molecular flexibility index (Phi) is 4.22. The van der Waals surface area contributed by atoms with Gasteiger partial charge >= 0.3 is 0 Å². The monoisotopic (exact) mass is 262 g/mol. The van der Waals surface area contributed by atoms with Gasteiger partial charge in [0.2, 0.25) is 0 Å². The van der Waals surface area contributed by atoms with Gasteiger partial charge in [0, 0.05) is 18.7 Å². The highest BCUT2D eigenvalue weighted by Gasteiger charge is 2.30. The van der Waals surface area contributed by atoms with Crippen LogP contribution in [-0.4, -0.2) is 42.6 Å². The van der Waals surface area contributed by atoms with E-state index >= 15 is 0 Å². The molecule has 1 amide bonds. The third kappa shape index (κ3) is 3.55. The summed E-state index contributed by atoms with van der Waals surface area (Å²) in [6.45, 7) is 6.51. The maximum Gasteiger partial charge on any atom is 0.254 e. The van der Waals surface area contributed by atoms with Crippen molar-refractivity contribution in [3.63, 3.8) is 0 Å². The van der Waals surface area contributed by atoms with Crippen molar-refractivity contribution in [2.45, 2.75) is 25.9 Å². The van der Waals surface area contributed by atoms with Crippen LogP contribution in [0.1, 0.15) is 29.8 Å². The summed E-state index contributed by atoms with van der Waals surface area (Å²) < 4.78 is 5.63. The number of ether oxygens (including phenoxy) is 1. The van der Waals surface area contributed by atoms with Gasteiger partial charge < -0.3 is 15.4 Å². The largest absolute Gasteiger partial charge is 0.372 e. The Hall–Kier alpha value is -1.39. The minimum absolute atomic E-state index is 0.0789. The van der Waals surface area contributed by atoms with Gasteiger partial charge in [0.25, 0.3) is 5.91 Å². The molecule has 0 bridgehead atoms. The molecule has 1 aromatic carbocycles. The SMILES string of the molecule is CC1(C)CN(C(=O)c2cccc(CCN)c2)CCO1. The zero-order valence-corrected chi connectivity index (χ0v) is 11.7. The summed E-state index contributed by atoms with van der Waals surface area (Å²) in [5.41, 5.74) is 7.14. The lowest BCUT2D eigenvalue weighted by Crippen LogP contribution is -2.50. The quantitative estimate of drug-likeness (QED) is 0.896. The average molecular weight is 262 g/mol. The molecule has 1 aliphatic rings. The first kappa shape index (κ1) is 14.0. The zero-order chi connectivity index (χ0) is 13.9. The third-order valence-electron chi connectivity index (χ3n) is 3.32. The molecule has 1 fully saturated rings. The van der Waals surface area contributed by atoms with Gasteiger partial charge in [0.15, 0.2) is 0 Å². The molecule has 0 spiro atoms. The number of hydrogen-bond acceptors (Lipinski definition) is 3. The predicted molar refractivity (Wildman–Crippen MR) is 75.1 cm³/mol.